The van der Waals surface area contributed by atoms with Crippen molar-refractivity contribution in [2.75, 3.05) is 20.1 Å². The third kappa shape index (κ3) is 7.21. The van der Waals surface area contributed by atoms with E-state index in [1.807, 2.05) is 13.8 Å². The summed E-state index contributed by atoms with van der Waals surface area (Å²) in [5.41, 5.74) is 5.15. The van der Waals surface area contributed by atoms with Crippen LogP contribution in [0.25, 0.3) is 0 Å². The molecule has 0 aromatic heterocycles. The van der Waals surface area contributed by atoms with Gasteiger partial charge in [0.2, 0.25) is 5.91 Å². The molecule has 6 heteroatoms. The van der Waals surface area contributed by atoms with E-state index in [0.717, 1.165) is 0 Å². The van der Waals surface area contributed by atoms with Gasteiger partial charge in [0.1, 0.15) is 0 Å². The molecule has 4 nitrogen and oxygen atoms in total. The van der Waals surface area contributed by atoms with Gasteiger partial charge < -0.3 is 11.1 Å². The van der Waals surface area contributed by atoms with E-state index in [-0.39, 0.29) is 19.1 Å². The first-order valence-electron chi connectivity index (χ1n) is 4.85. The molecule has 1 unspecified atom stereocenters. The van der Waals surface area contributed by atoms with Gasteiger partial charge in [-0.05, 0) is 7.05 Å². The number of hydrogen-bond acceptors (Lipinski definition) is 3. The maximum Gasteiger partial charge on any atom is 0.251 e. The largest absolute Gasteiger partial charge is 0.368 e. The van der Waals surface area contributed by atoms with Crippen molar-refractivity contribution >= 4 is 5.91 Å². The molecule has 3 N–H and O–H groups in total. The van der Waals surface area contributed by atoms with Crippen LogP contribution in [0.3, 0.4) is 0 Å². The Labute approximate surface area is 88.8 Å². The van der Waals surface area contributed by atoms with Crippen molar-refractivity contribution in [2.24, 2.45) is 5.73 Å². The maximum absolute atomic E-state index is 12.0. The fourth-order valence-corrected chi connectivity index (χ4v) is 1.25. The normalized spacial score (nSPS) is 13.9. The van der Waals surface area contributed by atoms with Crippen molar-refractivity contribution in [2.45, 2.75) is 32.4 Å². The second kappa shape index (κ2) is 6.68. The number of rotatable bonds is 7. The third-order valence-corrected chi connectivity index (χ3v) is 1.82. The highest BCUT2D eigenvalue weighted by Gasteiger charge is 2.19. The van der Waals surface area contributed by atoms with E-state index in [9.17, 15) is 13.6 Å². The Hall–Kier alpha value is -0.750. The summed E-state index contributed by atoms with van der Waals surface area (Å²) < 4.78 is 24.0. The van der Waals surface area contributed by atoms with E-state index in [0.29, 0.717) is 0 Å². The van der Waals surface area contributed by atoms with Crippen molar-refractivity contribution in [3.63, 3.8) is 0 Å². The van der Waals surface area contributed by atoms with Gasteiger partial charge in [0.15, 0.2) is 0 Å². The number of hydrogen-bond donors (Lipinski definition) is 2. The van der Waals surface area contributed by atoms with Gasteiger partial charge in [0, 0.05) is 12.6 Å². The summed E-state index contributed by atoms with van der Waals surface area (Å²) in [4.78, 5) is 12.4. The van der Waals surface area contributed by atoms with Gasteiger partial charge in [0.25, 0.3) is 6.43 Å². The van der Waals surface area contributed by atoms with Crippen molar-refractivity contribution < 1.29 is 13.6 Å². The number of carbonyl (C=O) groups excluding carboxylic acids is 1. The van der Waals surface area contributed by atoms with Crippen LogP contribution in [0.1, 0.15) is 13.8 Å². The molecule has 0 fully saturated rings. The summed E-state index contributed by atoms with van der Waals surface area (Å²) in [6, 6.07) is -0.504. The lowest BCUT2D eigenvalue weighted by molar-refractivity contribution is -0.120. The van der Waals surface area contributed by atoms with Crippen molar-refractivity contribution in [1.29, 1.82) is 0 Å². The van der Waals surface area contributed by atoms with E-state index in [1.165, 1.54) is 11.9 Å². The first kappa shape index (κ1) is 14.2. The van der Waals surface area contributed by atoms with E-state index >= 15 is 0 Å². The molecular formula is C9H19F2N3O. The molecule has 0 aliphatic rings. The van der Waals surface area contributed by atoms with Gasteiger partial charge in [-0.2, -0.15) is 0 Å². The molecule has 0 heterocycles. The summed E-state index contributed by atoms with van der Waals surface area (Å²) in [5, 5.41) is 2.92. The molecule has 0 aliphatic carbocycles. The summed E-state index contributed by atoms with van der Waals surface area (Å²) >= 11 is 0. The lowest BCUT2D eigenvalue weighted by atomic mass is 10.2. The Kier molecular flexibility index (Phi) is 6.35. The Morgan fingerprint density at radius 2 is 1.93 bits per heavy atom. The van der Waals surface area contributed by atoms with Crippen LogP contribution < -0.4 is 11.1 Å². The minimum absolute atomic E-state index is 0.0856. The molecule has 90 valence electrons. The molecule has 0 saturated heterocycles. The minimum Gasteiger partial charge on any atom is -0.368 e. The zero-order valence-corrected chi connectivity index (χ0v) is 9.34. The first-order chi connectivity index (χ1) is 6.82. The minimum atomic E-state index is -2.40. The van der Waals surface area contributed by atoms with Crippen LogP contribution in [0, 0.1) is 0 Å². The topological polar surface area (TPSA) is 58.4 Å². The molecule has 1 amide bonds. The second-order valence-electron chi connectivity index (χ2n) is 3.89. The number of likely N-dealkylation sites (N-methyl/N-ethyl adjacent to an activating group) is 1. The van der Waals surface area contributed by atoms with Crippen LogP contribution >= 0.6 is 0 Å². The Bertz CT molecular complexity index is 200. The number of amides is 1. The zero-order chi connectivity index (χ0) is 12.0. The zero-order valence-electron chi connectivity index (χ0n) is 9.34. The molecule has 0 spiro atoms. The predicted molar refractivity (Wildman–Crippen MR) is 54.8 cm³/mol. The van der Waals surface area contributed by atoms with Crippen LogP contribution in [0.15, 0.2) is 0 Å². The lowest BCUT2D eigenvalue weighted by Crippen LogP contribution is -2.51. The maximum atomic E-state index is 12.0. The van der Waals surface area contributed by atoms with Crippen LogP contribution in [0.5, 0.6) is 0 Å². The Balaban J connectivity index is 4.10. The fraction of sp³-hybridized carbons (Fsp3) is 0.889. The lowest BCUT2D eigenvalue weighted by Gasteiger charge is -2.24. The highest BCUT2D eigenvalue weighted by atomic mass is 19.3. The molecule has 0 radical (unpaired) electrons. The molecule has 0 rings (SSSR count). The van der Waals surface area contributed by atoms with E-state index in [4.69, 9.17) is 5.73 Å². The molecule has 0 bridgehead atoms. The predicted octanol–water partition coefficient (Wildman–Crippen LogP) is 0.0352. The summed E-state index contributed by atoms with van der Waals surface area (Å²) in [5.74, 6) is -0.523. The van der Waals surface area contributed by atoms with Crippen LogP contribution in [-0.4, -0.2) is 49.5 Å². The van der Waals surface area contributed by atoms with Gasteiger partial charge >= 0.3 is 0 Å². The van der Waals surface area contributed by atoms with Gasteiger partial charge in [-0.1, -0.05) is 13.8 Å². The quantitative estimate of drug-likeness (QED) is 0.640. The SMILES string of the molecule is CC(C)NC(CN(C)CC(F)F)C(N)=O. The Morgan fingerprint density at radius 1 is 1.40 bits per heavy atom. The number of nitrogens with zero attached hydrogens (tertiary/aromatic N) is 1. The average molecular weight is 223 g/mol. The van der Waals surface area contributed by atoms with Crippen LogP contribution in [0.4, 0.5) is 8.78 Å². The van der Waals surface area contributed by atoms with Gasteiger partial charge in [-0.3, -0.25) is 9.69 Å². The van der Waals surface area contributed by atoms with E-state index in [2.05, 4.69) is 5.32 Å². The molecule has 15 heavy (non-hydrogen) atoms. The van der Waals surface area contributed by atoms with E-state index in [1.54, 1.807) is 0 Å². The number of halogens is 2. The standard InChI is InChI=1S/C9H19F2N3O/c1-6(2)13-7(9(12)15)4-14(3)5-8(10)11/h6-8,13H,4-5H2,1-3H3,(H2,12,15). The second-order valence-corrected chi connectivity index (χ2v) is 3.89. The van der Waals surface area contributed by atoms with Crippen molar-refractivity contribution in [3.05, 3.63) is 0 Å². The number of alkyl halides is 2. The highest BCUT2D eigenvalue weighted by molar-refractivity contribution is 5.80. The fourth-order valence-electron chi connectivity index (χ4n) is 1.25. The number of nitrogens with one attached hydrogen (secondary N) is 1. The molecule has 0 saturated carbocycles. The van der Waals surface area contributed by atoms with E-state index < -0.39 is 18.4 Å². The van der Waals surface area contributed by atoms with Crippen molar-refractivity contribution in [3.8, 4) is 0 Å². The van der Waals surface area contributed by atoms with Crippen molar-refractivity contribution in [1.82, 2.24) is 10.2 Å². The molecule has 1 atom stereocenters. The smallest absolute Gasteiger partial charge is 0.251 e. The number of primary amides is 1. The van der Waals surface area contributed by atoms with Gasteiger partial charge in [0.05, 0.1) is 12.6 Å². The molecular weight excluding hydrogens is 204 g/mol. The Morgan fingerprint density at radius 3 is 2.27 bits per heavy atom. The third-order valence-electron chi connectivity index (χ3n) is 1.82. The summed E-state index contributed by atoms with van der Waals surface area (Å²) in [6.07, 6.45) is -2.40. The first-order valence-corrected chi connectivity index (χ1v) is 4.85. The monoisotopic (exact) mass is 223 g/mol. The average Bonchev–Trinajstić information content (AvgIpc) is 1.99. The summed E-state index contributed by atoms with van der Waals surface area (Å²) in [7, 11) is 1.53. The number of carbonyl (C=O) groups is 1. The summed E-state index contributed by atoms with van der Waals surface area (Å²) in [6.45, 7) is 3.56. The number of nitrogens with two attached hydrogens (primary N) is 1. The van der Waals surface area contributed by atoms with Crippen LogP contribution in [0.2, 0.25) is 0 Å². The van der Waals surface area contributed by atoms with Gasteiger partial charge in [-0.25, -0.2) is 8.78 Å². The highest BCUT2D eigenvalue weighted by Crippen LogP contribution is 1.98. The molecule has 0 aromatic carbocycles. The molecule has 0 aliphatic heterocycles. The molecule has 0 aromatic rings. The van der Waals surface area contributed by atoms with Crippen LogP contribution in [-0.2, 0) is 4.79 Å². The van der Waals surface area contributed by atoms with Gasteiger partial charge in [-0.15, -0.1) is 0 Å².